The van der Waals surface area contributed by atoms with Crippen molar-refractivity contribution in [2.45, 2.75) is 52.5 Å². The fraction of sp³-hybridized carbons (Fsp3) is 0.348. The lowest BCUT2D eigenvalue weighted by atomic mass is 9.87. The van der Waals surface area contributed by atoms with E-state index in [1.54, 1.807) is 0 Å². The molecule has 0 fully saturated rings. The van der Waals surface area contributed by atoms with Crippen LogP contribution in [-0.2, 0) is 12.0 Å². The first-order valence-electron chi connectivity index (χ1n) is 9.71. The summed E-state index contributed by atoms with van der Waals surface area (Å²) >= 11 is 0. The lowest BCUT2D eigenvalue weighted by molar-refractivity contribution is 0.590. The van der Waals surface area contributed by atoms with Crippen LogP contribution in [0.4, 0.5) is 0 Å². The van der Waals surface area contributed by atoms with Crippen molar-refractivity contribution in [2.24, 2.45) is 0 Å². The van der Waals surface area contributed by atoms with Crippen molar-refractivity contribution in [3.05, 3.63) is 54.1 Å². The third-order valence-electron chi connectivity index (χ3n) is 5.00. The molecule has 2 aromatic heterocycles. The van der Waals surface area contributed by atoms with Crippen LogP contribution < -0.4 is 0 Å². The number of rotatable bonds is 4. The molecule has 4 aromatic rings. The van der Waals surface area contributed by atoms with Crippen LogP contribution in [-0.4, -0.2) is 19.5 Å². The summed E-state index contributed by atoms with van der Waals surface area (Å²) in [6, 6.07) is 16.7. The molecule has 0 aliphatic heterocycles. The van der Waals surface area contributed by atoms with Gasteiger partial charge < -0.3 is 4.57 Å². The van der Waals surface area contributed by atoms with Crippen LogP contribution in [0.2, 0.25) is 0 Å². The second kappa shape index (κ2) is 6.76. The van der Waals surface area contributed by atoms with Crippen LogP contribution in [0, 0.1) is 0 Å². The van der Waals surface area contributed by atoms with Crippen molar-refractivity contribution in [3.8, 4) is 11.4 Å². The van der Waals surface area contributed by atoms with Crippen molar-refractivity contribution in [1.29, 1.82) is 0 Å². The topological polar surface area (TPSA) is 43.6 Å². The Balaban J connectivity index is 1.89. The van der Waals surface area contributed by atoms with Gasteiger partial charge in [0, 0.05) is 12.1 Å². The molecule has 0 saturated heterocycles. The van der Waals surface area contributed by atoms with Crippen molar-refractivity contribution in [1.82, 2.24) is 19.5 Å². The number of unbranched alkanes of at least 4 members (excludes halogenated alkanes) is 1. The van der Waals surface area contributed by atoms with Gasteiger partial charge in [0.2, 0.25) is 0 Å². The zero-order valence-corrected chi connectivity index (χ0v) is 16.5. The van der Waals surface area contributed by atoms with E-state index in [0.29, 0.717) is 0 Å². The van der Waals surface area contributed by atoms with Gasteiger partial charge in [-0.25, -0.2) is 15.0 Å². The Labute approximate surface area is 160 Å². The Hall–Kier alpha value is -2.75. The lowest BCUT2D eigenvalue weighted by Crippen LogP contribution is -2.10. The third kappa shape index (κ3) is 3.32. The van der Waals surface area contributed by atoms with Crippen LogP contribution in [0.15, 0.2) is 48.5 Å². The van der Waals surface area contributed by atoms with Gasteiger partial charge in [-0.05, 0) is 29.5 Å². The Morgan fingerprint density at radius 2 is 1.52 bits per heavy atom. The van der Waals surface area contributed by atoms with Crippen molar-refractivity contribution in [2.75, 3.05) is 0 Å². The number of fused-ring (bicyclic) bond motifs is 2. The van der Waals surface area contributed by atoms with E-state index in [-0.39, 0.29) is 5.41 Å². The van der Waals surface area contributed by atoms with Gasteiger partial charge in [-0.2, -0.15) is 0 Å². The molecular weight excluding hydrogens is 332 g/mol. The van der Waals surface area contributed by atoms with Crippen molar-refractivity contribution in [3.63, 3.8) is 0 Å². The predicted octanol–water partition coefficient (Wildman–Crippen LogP) is 5.74. The molecular formula is C23H26N4. The van der Waals surface area contributed by atoms with Gasteiger partial charge in [0.25, 0.3) is 0 Å². The molecule has 0 amide bonds. The minimum absolute atomic E-state index is 0.141. The molecule has 138 valence electrons. The normalized spacial score (nSPS) is 12.1. The van der Waals surface area contributed by atoms with Crippen molar-refractivity contribution < 1.29 is 0 Å². The predicted molar refractivity (Wildman–Crippen MR) is 112 cm³/mol. The Kier molecular flexibility index (Phi) is 4.42. The molecule has 4 heteroatoms. The Morgan fingerprint density at radius 3 is 2.15 bits per heavy atom. The fourth-order valence-corrected chi connectivity index (χ4v) is 3.37. The summed E-state index contributed by atoms with van der Waals surface area (Å²) in [5.41, 5.74) is 5.98. The number of para-hydroxylation sites is 2. The summed E-state index contributed by atoms with van der Waals surface area (Å²) < 4.78 is 2.23. The molecule has 0 saturated carbocycles. The zero-order valence-electron chi connectivity index (χ0n) is 16.5. The van der Waals surface area contributed by atoms with E-state index in [9.17, 15) is 0 Å². The smallest absolute Gasteiger partial charge is 0.198 e. The first-order chi connectivity index (χ1) is 13.0. The second-order valence-corrected chi connectivity index (χ2v) is 8.13. The molecule has 0 aliphatic carbocycles. The fourth-order valence-electron chi connectivity index (χ4n) is 3.37. The average molecular weight is 358 g/mol. The highest BCUT2D eigenvalue weighted by Gasteiger charge is 2.17. The first kappa shape index (κ1) is 17.7. The number of hydrogen-bond donors (Lipinski definition) is 0. The number of aryl methyl sites for hydroxylation is 1. The van der Waals surface area contributed by atoms with Crippen LogP contribution >= 0.6 is 0 Å². The van der Waals surface area contributed by atoms with E-state index >= 15 is 0 Å². The van der Waals surface area contributed by atoms with Crippen LogP contribution in [0.1, 0.15) is 46.1 Å². The second-order valence-electron chi connectivity index (χ2n) is 8.13. The molecule has 0 atom stereocenters. The maximum absolute atomic E-state index is 4.87. The lowest BCUT2D eigenvalue weighted by Gasteiger charge is -2.19. The zero-order chi connectivity index (χ0) is 19.0. The molecule has 2 heterocycles. The maximum atomic E-state index is 4.87. The van der Waals surface area contributed by atoms with Gasteiger partial charge in [0.1, 0.15) is 5.82 Å². The summed E-state index contributed by atoms with van der Waals surface area (Å²) in [6.45, 7) is 9.81. The molecule has 0 aliphatic rings. The van der Waals surface area contributed by atoms with Gasteiger partial charge in [0.05, 0.1) is 11.0 Å². The van der Waals surface area contributed by atoms with Gasteiger partial charge >= 0.3 is 0 Å². The molecule has 0 spiro atoms. The van der Waals surface area contributed by atoms with Gasteiger partial charge in [-0.15, -0.1) is 0 Å². The quantitative estimate of drug-likeness (QED) is 0.467. The monoisotopic (exact) mass is 358 g/mol. The Bertz CT molecular complexity index is 1090. The van der Waals surface area contributed by atoms with E-state index in [1.165, 1.54) is 5.56 Å². The summed E-state index contributed by atoms with van der Waals surface area (Å²) in [5, 5.41) is 0. The number of benzene rings is 2. The van der Waals surface area contributed by atoms with E-state index in [1.807, 2.05) is 24.3 Å². The van der Waals surface area contributed by atoms with Crippen LogP contribution in [0.3, 0.4) is 0 Å². The summed E-state index contributed by atoms with van der Waals surface area (Å²) in [7, 11) is 0. The number of imidazole rings is 1. The molecule has 0 bridgehead atoms. The minimum atomic E-state index is 0.141. The SMILES string of the molecule is CCCCn1c(-c2ccc(C(C)(C)C)cc2)nc2nc3ccccc3nc21. The molecule has 4 rings (SSSR count). The van der Waals surface area contributed by atoms with E-state index in [2.05, 4.69) is 56.5 Å². The summed E-state index contributed by atoms with van der Waals surface area (Å²) in [6.07, 6.45) is 2.22. The molecule has 0 radical (unpaired) electrons. The van der Waals surface area contributed by atoms with E-state index in [0.717, 1.165) is 53.1 Å². The molecule has 4 nitrogen and oxygen atoms in total. The number of hydrogen-bond acceptors (Lipinski definition) is 3. The summed E-state index contributed by atoms with van der Waals surface area (Å²) in [5.74, 6) is 0.953. The molecule has 2 aromatic carbocycles. The van der Waals surface area contributed by atoms with E-state index in [4.69, 9.17) is 15.0 Å². The third-order valence-corrected chi connectivity index (χ3v) is 5.00. The van der Waals surface area contributed by atoms with E-state index < -0.39 is 0 Å². The minimum Gasteiger partial charge on any atom is -0.307 e. The summed E-state index contributed by atoms with van der Waals surface area (Å²) in [4.78, 5) is 14.5. The van der Waals surface area contributed by atoms with Crippen molar-refractivity contribution >= 4 is 22.3 Å². The Morgan fingerprint density at radius 1 is 0.852 bits per heavy atom. The highest BCUT2D eigenvalue weighted by molar-refractivity contribution is 5.84. The average Bonchev–Trinajstić information content (AvgIpc) is 3.01. The maximum Gasteiger partial charge on any atom is 0.198 e. The molecule has 27 heavy (non-hydrogen) atoms. The first-order valence-corrected chi connectivity index (χ1v) is 9.71. The van der Waals surface area contributed by atoms with Gasteiger partial charge in [-0.3, -0.25) is 0 Å². The standard InChI is InChI=1S/C23H26N4/c1-5-6-15-27-21(16-11-13-17(14-12-16)23(2,3)4)26-20-22(27)25-19-10-8-7-9-18(19)24-20/h7-14H,5-6,15H2,1-4H3. The van der Waals surface area contributed by atoms with Crippen LogP contribution in [0.25, 0.3) is 33.7 Å². The molecule has 0 N–H and O–H groups in total. The molecule has 0 unspecified atom stereocenters. The largest absolute Gasteiger partial charge is 0.307 e. The van der Waals surface area contributed by atoms with Gasteiger partial charge in [0.15, 0.2) is 11.3 Å². The highest BCUT2D eigenvalue weighted by Crippen LogP contribution is 2.28. The number of aromatic nitrogens is 4. The van der Waals surface area contributed by atoms with Gasteiger partial charge in [-0.1, -0.05) is 70.5 Å². The van der Waals surface area contributed by atoms with Crippen LogP contribution in [0.5, 0.6) is 0 Å². The number of nitrogens with zero attached hydrogens (tertiary/aromatic N) is 4. The highest BCUT2D eigenvalue weighted by atomic mass is 15.2.